The van der Waals surface area contributed by atoms with E-state index in [0.29, 0.717) is 5.95 Å². The molecule has 3 aromatic rings. The van der Waals surface area contributed by atoms with Crippen LogP contribution in [-0.2, 0) is 0 Å². The number of hydrogen-bond acceptors (Lipinski definition) is 5. The van der Waals surface area contributed by atoms with Crippen molar-refractivity contribution in [2.24, 2.45) is 0 Å². The van der Waals surface area contributed by atoms with Gasteiger partial charge in [-0.1, -0.05) is 12.1 Å². The Morgan fingerprint density at radius 2 is 2.24 bits per heavy atom. The van der Waals surface area contributed by atoms with Crippen molar-refractivity contribution in [3.63, 3.8) is 0 Å². The number of aromatic amines is 1. The van der Waals surface area contributed by atoms with Gasteiger partial charge in [-0.05, 0) is 12.1 Å². The molecule has 3 rings (SSSR count). The molecule has 0 saturated carbocycles. The normalized spacial score (nSPS) is 10.6. The van der Waals surface area contributed by atoms with Crippen LogP contribution in [0.25, 0.3) is 11.0 Å². The molecule has 0 aliphatic heterocycles. The second-order valence-corrected chi connectivity index (χ2v) is 3.91. The Kier molecular flexibility index (Phi) is 2.30. The summed E-state index contributed by atoms with van der Waals surface area (Å²) < 4.78 is 7.61. The zero-order valence-electron chi connectivity index (χ0n) is 8.54. The van der Waals surface area contributed by atoms with Crippen LogP contribution in [-0.4, -0.2) is 24.6 Å². The number of imidazole rings is 1. The Balaban J connectivity index is 1.88. The highest BCUT2D eigenvalue weighted by Gasteiger charge is 2.11. The molecule has 0 spiro atoms. The molecular weight excluding hydrogens is 238 g/mol. The van der Waals surface area contributed by atoms with Gasteiger partial charge in [-0.2, -0.15) is 8.75 Å². The summed E-state index contributed by atoms with van der Waals surface area (Å²) in [5, 5.41) is 2.63. The number of aromatic nitrogens is 4. The topological polar surface area (TPSA) is 83.6 Å². The molecule has 1 aromatic carbocycles. The van der Waals surface area contributed by atoms with E-state index in [2.05, 4.69) is 24.0 Å². The summed E-state index contributed by atoms with van der Waals surface area (Å²) in [6.07, 6.45) is 1.42. The van der Waals surface area contributed by atoms with Gasteiger partial charge in [0, 0.05) is 0 Å². The maximum atomic E-state index is 11.7. The molecule has 0 unspecified atom stereocenters. The molecule has 2 heterocycles. The summed E-state index contributed by atoms with van der Waals surface area (Å²) in [7, 11) is 0. The SMILES string of the molecule is O=C(Nc1nc2ccccc2[nH]1)c1cnsn1. The van der Waals surface area contributed by atoms with Crippen molar-refractivity contribution in [3.05, 3.63) is 36.2 Å². The van der Waals surface area contributed by atoms with Crippen LogP contribution < -0.4 is 5.32 Å². The molecule has 0 radical (unpaired) electrons. The molecule has 0 atom stereocenters. The standard InChI is InChI=1S/C10H7N5OS/c16-9(8-5-11-17-15-8)14-10-12-6-3-1-2-4-7(6)13-10/h1-5H,(H2,12,13,14,16). The van der Waals surface area contributed by atoms with Crippen LogP contribution in [0.15, 0.2) is 30.5 Å². The minimum atomic E-state index is -0.321. The number of nitrogens with zero attached hydrogens (tertiary/aromatic N) is 3. The number of fused-ring (bicyclic) bond motifs is 1. The summed E-state index contributed by atoms with van der Waals surface area (Å²) >= 11 is 0.992. The molecule has 2 aromatic heterocycles. The van der Waals surface area contributed by atoms with Gasteiger partial charge in [0.15, 0.2) is 5.69 Å². The number of anilines is 1. The van der Waals surface area contributed by atoms with Gasteiger partial charge >= 0.3 is 0 Å². The number of nitrogens with one attached hydrogen (secondary N) is 2. The molecule has 7 heteroatoms. The lowest BCUT2D eigenvalue weighted by molar-refractivity contribution is 0.102. The highest BCUT2D eigenvalue weighted by Crippen LogP contribution is 2.13. The van der Waals surface area contributed by atoms with Crippen LogP contribution in [0.2, 0.25) is 0 Å². The Bertz CT molecular complexity index is 627. The average molecular weight is 245 g/mol. The fourth-order valence-corrected chi connectivity index (χ4v) is 1.86. The number of para-hydroxylation sites is 2. The summed E-state index contributed by atoms with van der Waals surface area (Å²) in [6, 6.07) is 7.55. The molecule has 0 aliphatic carbocycles. The second-order valence-electron chi connectivity index (χ2n) is 3.35. The van der Waals surface area contributed by atoms with E-state index in [0.717, 1.165) is 22.8 Å². The summed E-state index contributed by atoms with van der Waals surface area (Å²) in [5.74, 6) is 0.0852. The lowest BCUT2D eigenvalue weighted by Gasteiger charge is -1.96. The number of H-pyrrole nitrogens is 1. The van der Waals surface area contributed by atoms with Crippen molar-refractivity contribution in [3.8, 4) is 0 Å². The van der Waals surface area contributed by atoms with Gasteiger partial charge in [0.25, 0.3) is 5.91 Å². The zero-order valence-corrected chi connectivity index (χ0v) is 9.36. The van der Waals surface area contributed by atoms with Crippen LogP contribution in [0.4, 0.5) is 5.95 Å². The Morgan fingerprint density at radius 3 is 3.00 bits per heavy atom. The van der Waals surface area contributed by atoms with E-state index in [9.17, 15) is 4.79 Å². The van der Waals surface area contributed by atoms with E-state index in [1.54, 1.807) is 0 Å². The van der Waals surface area contributed by atoms with Gasteiger partial charge in [-0.15, -0.1) is 0 Å². The van der Waals surface area contributed by atoms with Crippen molar-refractivity contribution >= 4 is 34.6 Å². The maximum Gasteiger partial charge on any atom is 0.279 e. The lowest BCUT2D eigenvalue weighted by atomic mass is 10.3. The first-order valence-corrected chi connectivity index (χ1v) is 5.59. The Morgan fingerprint density at radius 1 is 1.35 bits per heavy atom. The highest BCUT2D eigenvalue weighted by atomic mass is 32.1. The summed E-state index contributed by atoms with van der Waals surface area (Å²) in [6.45, 7) is 0. The third-order valence-corrected chi connectivity index (χ3v) is 2.69. The average Bonchev–Trinajstić information content (AvgIpc) is 2.97. The summed E-state index contributed by atoms with van der Waals surface area (Å²) in [5.41, 5.74) is 1.97. The van der Waals surface area contributed by atoms with E-state index in [1.165, 1.54) is 6.20 Å². The largest absolute Gasteiger partial charge is 0.324 e. The van der Waals surface area contributed by atoms with Crippen molar-refractivity contribution in [2.75, 3.05) is 5.32 Å². The van der Waals surface area contributed by atoms with Gasteiger partial charge < -0.3 is 4.98 Å². The first-order valence-electron chi connectivity index (χ1n) is 4.86. The van der Waals surface area contributed by atoms with Crippen LogP contribution >= 0.6 is 11.7 Å². The van der Waals surface area contributed by atoms with E-state index < -0.39 is 0 Å². The molecule has 0 bridgehead atoms. The lowest BCUT2D eigenvalue weighted by Crippen LogP contribution is -2.13. The minimum Gasteiger partial charge on any atom is -0.324 e. The molecule has 1 amide bonds. The summed E-state index contributed by atoms with van der Waals surface area (Å²) in [4.78, 5) is 18.9. The third kappa shape index (κ3) is 1.87. The van der Waals surface area contributed by atoms with E-state index in [4.69, 9.17) is 0 Å². The highest BCUT2D eigenvalue weighted by molar-refractivity contribution is 6.99. The van der Waals surface area contributed by atoms with Crippen molar-refractivity contribution in [1.29, 1.82) is 0 Å². The van der Waals surface area contributed by atoms with Crippen molar-refractivity contribution < 1.29 is 4.79 Å². The van der Waals surface area contributed by atoms with E-state index in [1.807, 2.05) is 24.3 Å². The van der Waals surface area contributed by atoms with E-state index in [-0.39, 0.29) is 11.6 Å². The Hall–Kier alpha value is -2.28. The van der Waals surface area contributed by atoms with Crippen LogP contribution in [0.3, 0.4) is 0 Å². The molecule has 84 valence electrons. The molecule has 0 saturated heterocycles. The second kappa shape index (κ2) is 3.95. The predicted molar refractivity (Wildman–Crippen MR) is 64.0 cm³/mol. The van der Waals surface area contributed by atoms with Gasteiger partial charge in [-0.3, -0.25) is 10.1 Å². The number of benzene rings is 1. The maximum absolute atomic E-state index is 11.7. The minimum absolute atomic E-state index is 0.287. The molecular formula is C10H7N5OS. The van der Waals surface area contributed by atoms with Crippen LogP contribution in [0, 0.1) is 0 Å². The molecule has 2 N–H and O–H groups in total. The van der Waals surface area contributed by atoms with Crippen LogP contribution in [0.1, 0.15) is 10.5 Å². The zero-order chi connectivity index (χ0) is 11.7. The van der Waals surface area contributed by atoms with Crippen LogP contribution in [0.5, 0.6) is 0 Å². The number of amides is 1. The van der Waals surface area contributed by atoms with Gasteiger partial charge in [0.1, 0.15) is 0 Å². The number of hydrogen-bond donors (Lipinski definition) is 2. The van der Waals surface area contributed by atoms with Crippen molar-refractivity contribution in [2.45, 2.75) is 0 Å². The van der Waals surface area contributed by atoms with Gasteiger partial charge in [0.05, 0.1) is 29.0 Å². The number of carbonyl (C=O) groups excluding carboxylic acids is 1. The number of carbonyl (C=O) groups is 1. The van der Waals surface area contributed by atoms with E-state index >= 15 is 0 Å². The fourth-order valence-electron chi connectivity index (χ4n) is 1.45. The Labute approximate surface area is 100 Å². The molecule has 17 heavy (non-hydrogen) atoms. The predicted octanol–water partition coefficient (Wildman–Crippen LogP) is 1.67. The third-order valence-electron chi connectivity index (χ3n) is 2.22. The fraction of sp³-hybridized carbons (Fsp3) is 0. The molecule has 0 fully saturated rings. The molecule has 6 nitrogen and oxygen atoms in total. The van der Waals surface area contributed by atoms with Gasteiger partial charge in [0.2, 0.25) is 5.95 Å². The molecule has 0 aliphatic rings. The van der Waals surface area contributed by atoms with Crippen molar-refractivity contribution in [1.82, 2.24) is 18.7 Å². The number of rotatable bonds is 2. The quantitative estimate of drug-likeness (QED) is 0.719. The smallest absolute Gasteiger partial charge is 0.279 e. The first-order chi connectivity index (χ1) is 8.33. The first kappa shape index (κ1) is 9.91. The van der Waals surface area contributed by atoms with Gasteiger partial charge in [-0.25, -0.2) is 4.98 Å². The monoisotopic (exact) mass is 245 g/mol.